The Morgan fingerprint density at radius 3 is 1.26 bits per heavy atom. The van der Waals surface area contributed by atoms with E-state index in [0.29, 0.717) is 12.8 Å². The molecule has 0 amide bonds. The summed E-state index contributed by atoms with van der Waals surface area (Å²) in [5.41, 5.74) is 0. The van der Waals surface area contributed by atoms with Crippen LogP contribution in [-0.4, -0.2) is 98.3 Å². The monoisotopic (exact) mass is 999 g/mol. The summed E-state index contributed by atoms with van der Waals surface area (Å²) in [7, 11) is -5.13. The van der Waals surface area contributed by atoms with Gasteiger partial charge in [-0.2, -0.15) is 0 Å². The van der Waals surface area contributed by atoms with Gasteiger partial charge in [0.05, 0.1) is 6.61 Å². The maximum absolute atomic E-state index is 12.9. The van der Waals surface area contributed by atoms with Crippen LogP contribution in [0.15, 0.2) is 48.6 Å². The molecule has 0 aliphatic heterocycles. The zero-order valence-corrected chi connectivity index (χ0v) is 44.0. The number of unbranched alkanes of at least 4 members (excludes halogenated alkanes) is 26. The van der Waals surface area contributed by atoms with Gasteiger partial charge in [0.25, 0.3) is 0 Å². The molecule has 13 nitrogen and oxygen atoms in total. The molecule has 0 bridgehead atoms. The fourth-order valence-corrected chi connectivity index (χ4v) is 9.31. The first-order valence-electron chi connectivity index (χ1n) is 27.4. The van der Waals surface area contributed by atoms with Crippen molar-refractivity contribution in [3.05, 3.63) is 48.6 Å². The highest BCUT2D eigenvalue weighted by Crippen LogP contribution is 2.47. The van der Waals surface area contributed by atoms with Gasteiger partial charge in [0.1, 0.15) is 43.2 Å². The number of aliphatic hydroxyl groups is 5. The predicted molar refractivity (Wildman–Crippen MR) is 276 cm³/mol. The molecule has 6 unspecified atom stereocenters. The number of phosphoric ester groups is 1. The van der Waals surface area contributed by atoms with Gasteiger partial charge in [-0.05, 0) is 51.4 Å². The van der Waals surface area contributed by atoms with Gasteiger partial charge in [-0.3, -0.25) is 18.6 Å². The molecule has 0 saturated heterocycles. The minimum Gasteiger partial charge on any atom is -0.462 e. The third-order valence-corrected chi connectivity index (χ3v) is 13.7. The van der Waals surface area contributed by atoms with E-state index in [4.69, 9.17) is 18.5 Å². The highest BCUT2D eigenvalue weighted by atomic mass is 31.2. The molecule has 1 rings (SSSR count). The summed E-state index contributed by atoms with van der Waals surface area (Å²) >= 11 is 0. The lowest BCUT2D eigenvalue weighted by atomic mass is 9.85. The lowest BCUT2D eigenvalue weighted by Gasteiger charge is -2.41. The first-order chi connectivity index (χ1) is 33.4. The molecule has 1 aliphatic carbocycles. The maximum Gasteiger partial charge on any atom is 0.472 e. The summed E-state index contributed by atoms with van der Waals surface area (Å²) in [5.74, 6) is -1.10. The number of phosphoric acid groups is 1. The number of hydrogen-bond acceptors (Lipinski definition) is 12. The highest BCUT2D eigenvalue weighted by Gasteiger charge is 2.51. The van der Waals surface area contributed by atoms with Gasteiger partial charge in [0, 0.05) is 12.8 Å². The molecule has 1 aliphatic rings. The average Bonchev–Trinajstić information content (AvgIpc) is 3.33. The summed E-state index contributed by atoms with van der Waals surface area (Å²) in [4.78, 5) is 35.9. The van der Waals surface area contributed by atoms with Gasteiger partial charge in [-0.25, -0.2) is 4.57 Å². The van der Waals surface area contributed by atoms with Crippen molar-refractivity contribution >= 4 is 19.8 Å². The molecule has 0 aromatic carbocycles. The second-order valence-electron chi connectivity index (χ2n) is 19.1. The van der Waals surface area contributed by atoms with Gasteiger partial charge in [0.2, 0.25) is 0 Å². The Morgan fingerprint density at radius 2 is 0.826 bits per heavy atom. The SMILES string of the molecule is CC/C=C\C/C=C\C/C=C\C/C=C\CCCCCCCCCCCCC(=O)OC(COC(=O)CCCCCCCCCCCCCCCCCCC)COP(=O)(O)OC1C(O)C(O)C(O)C(O)C1O. The van der Waals surface area contributed by atoms with Crippen molar-refractivity contribution in [2.75, 3.05) is 13.2 Å². The van der Waals surface area contributed by atoms with E-state index in [-0.39, 0.29) is 12.8 Å². The third-order valence-electron chi connectivity index (χ3n) is 12.7. The van der Waals surface area contributed by atoms with Gasteiger partial charge < -0.3 is 39.9 Å². The van der Waals surface area contributed by atoms with Crippen LogP contribution in [0, 0.1) is 0 Å². The van der Waals surface area contributed by atoms with Crippen LogP contribution in [0.2, 0.25) is 0 Å². The summed E-state index contributed by atoms with van der Waals surface area (Å²) in [6.07, 6.45) is 41.5. The molecule has 402 valence electrons. The number of esters is 2. The Bertz CT molecular complexity index is 1390. The van der Waals surface area contributed by atoms with Crippen LogP contribution in [0.1, 0.15) is 232 Å². The van der Waals surface area contributed by atoms with E-state index in [1.165, 1.54) is 116 Å². The number of aliphatic hydroxyl groups excluding tert-OH is 5. The fraction of sp³-hybridized carbons (Fsp3) is 0.818. The van der Waals surface area contributed by atoms with Crippen molar-refractivity contribution in [1.82, 2.24) is 0 Å². The Hall–Kier alpha value is -2.19. The van der Waals surface area contributed by atoms with Crippen LogP contribution in [0.3, 0.4) is 0 Å². The van der Waals surface area contributed by atoms with Crippen molar-refractivity contribution in [2.45, 2.75) is 275 Å². The number of rotatable bonds is 46. The molecular weight excluding hydrogens is 900 g/mol. The van der Waals surface area contributed by atoms with Crippen LogP contribution in [0.4, 0.5) is 0 Å². The molecule has 6 N–H and O–H groups in total. The fourth-order valence-electron chi connectivity index (χ4n) is 8.34. The largest absolute Gasteiger partial charge is 0.472 e. The van der Waals surface area contributed by atoms with E-state index in [9.17, 15) is 44.6 Å². The van der Waals surface area contributed by atoms with Crippen molar-refractivity contribution in [3.63, 3.8) is 0 Å². The van der Waals surface area contributed by atoms with E-state index in [1.807, 2.05) is 0 Å². The van der Waals surface area contributed by atoms with E-state index in [0.717, 1.165) is 77.0 Å². The Morgan fingerprint density at radius 1 is 0.464 bits per heavy atom. The zero-order chi connectivity index (χ0) is 50.6. The molecule has 0 aromatic heterocycles. The summed E-state index contributed by atoms with van der Waals surface area (Å²) in [6, 6.07) is 0. The van der Waals surface area contributed by atoms with Crippen molar-refractivity contribution in [3.8, 4) is 0 Å². The summed E-state index contributed by atoms with van der Waals surface area (Å²) in [5, 5.41) is 50.3. The minimum atomic E-state index is -5.13. The molecule has 1 saturated carbocycles. The molecule has 0 radical (unpaired) electrons. The quantitative estimate of drug-likeness (QED) is 0.0145. The van der Waals surface area contributed by atoms with Gasteiger partial charge >= 0.3 is 19.8 Å². The Labute approximate surface area is 418 Å². The molecule has 14 heteroatoms. The van der Waals surface area contributed by atoms with Crippen molar-refractivity contribution < 1.29 is 63.1 Å². The standard InChI is InChI=1S/C55H99O13P/c1-3-5-7-9-11-13-15-17-19-21-22-23-24-25-26-28-30-32-34-36-38-40-42-44-49(57)67-47(46-66-69(63,64)68-55-53(61)51(59)50(58)52(60)54(55)62)45-65-48(56)43-41-39-37-35-33-31-29-27-20-18-16-14-12-10-8-6-4-2/h5,7,11,13,17,19,22-23,47,50-55,58-62H,3-4,6,8-10,12,14-16,18,20-21,24-46H2,1-2H3,(H,63,64)/b7-5-,13-11-,19-17-,23-22-. The van der Waals surface area contributed by atoms with Gasteiger partial charge in [-0.15, -0.1) is 0 Å². The molecule has 0 aromatic rings. The number of hydrogen-bond donors (Lipinski definition) is 6. The molecule has 0 heterocycles. The van der Waals surface area contributed by atoms with E-state index >= 15 is 0 Å². The smallest absolute Gasteiger partial charge is 0.462 e. The number of carbonyl (C=O) groups excluding carboxylic acids is 2. The maximum atomic E-state index is 12.9. The van der Waals surface area contributed by atoms with Crippen LogP contribution < -0.4 is 0 Å². The van der Waals surface area contributed by atoms with E-state index in [1.54, 1.807) is 0 Å². The highest BCUT2D eigenvalue weighted by molar-refractivity contribution is 7.47. The summed E-state index contributed by atoms with van der Waals surface area (Å²) in [6.45, 7) is 3.23. The molecule has 0 spiro atoms. The van der Waals surface area contributed by atoms with Crippen LogP contribution in [0.25, 0.3) is 0 Å². The first kappa shape index (κ1) is 64.8. The topological polar surface area (TPSA) is 210 Å². The van der Waals surface area contributed by atoms with Crippen LogP contribution >= 0.6 is 7.82 Å². The minimum absolute atomic E-state index is 0.0921. The number of allylic oxidation sites excluding steroid dienone is 8. The molecule has 69 heavy (non-hydrogen) atoms. The average molecular weight is 999 g/mol. The normalized spacial score (nSPS) is 21.2. The predicted octanol–water partition coefficient (Wildman–Crippen LogP) is 12.3. The Balaban J connectivity index is 2.36. The second-order valence-corrected chi connectivity index (χ2v) is 20.5. The van der Waals surface area contributed by atoms with E-state index < -0.39 is 75.7 Å². The lowest BCUT2D eigenvalue weighted by molar-refractivity contribution is -0.220. The molecule has 6 atom stereocenters. The van der Waals surface area contributed by atoms with Crippen molar-refractivity contribution in [2.24, 2.45) is 0 Å². The van der Waals surface area contributed by atoms with Gasteiger partial charge in [0.15, 0.2) is 6.10 Å². The first-order valence-corrected chi connectivity index (χ1v) is 28.9. The van der Waals surface area contributed by atoms with Gasteiger partial charge in [-0.1, -0.05) is 217 Å². The Kier molecular flexibility index (Phi) is 41.8. The van der Waals surface area contributed by atoms with E-state index in [2.05, 4.69) is 62.5 Å². The van der Waals surface area contributed by atoms with Crippen LogP contribution in [-0.2, 0) is 32.7 Å². The molecular formula is C55H99O13P. The van der Waals surface area contributed by atoms with Crippen LogP contribution in [0.5, 0.6) is 0 Å². The number of ether oxygens (including phenoxy) is 2. The second kappa shape index (κ2) is 44.5. The lowest BCUT2D eigenvalue weighted by Crippen LogP contribution is -2.64. The summed E-state index contributed by atoms with van der Waals surface area (Å²) < 4.78 is 33.7. The number of carbonyl (C=O) groups is 2. The molecule has 1 fully saturated rings. The van der Waals surface area contributed by atoms with Crippen molar-refractivity contribution in [1.29, 1.82) is 0 Å². The third kappa shape index (κ3) is 36.4. The zero-order valence-electron chi connectivity index (χ0n) is 43.1.